The summed E-state index contributed by atoms with van der Waals surface area (Å²) in [6.45, 7) is 4.52. The van der Waals surface area contributed by atoms with E-state index in [0.29, 0.717) is 6.61 Å². The molecular weight excluding hydrogens is 238 g/mol. The summed E-state index contributed by atoms with van der Waals surface area (Å²) in [6, 6.07) is 12.1. The van der Waals surface area contributed by atoms with E-state index in [1.54, 1.807) is 17.1 Å². The highest BCUT2D eigenvalue weighted by molar-refractivity contribution is 5.77. The van der Waals surface area contributed by atoms with Gasteiger partial charge < -0.3 is 4.84 Å². The first-order chi connectivity index (χ1) is 9.31. The number of aryl methyl sites for hydroxylation is 1. The largest absolute Gasteiger partial charge is 0.413 e. The minimum Gasteiger partial charge on any atom is -0.413 e. The number of aromatic nitrogens is 3. The fourth-order valence-corrected chi connectivity index (χ4v) is 1.66. The minimum absolute atomic E-state index is 0.678. The molecule has 19 heavy (non-hydrogen) atoms. The van der Waals surface area contributed by atoms with Crippen LogP contribution < -0.4 is 4.84 Å². The van der Waals surface area contributed by atoms with E-state index in [1.807, 2.05) is 44.3 Å². The molecule has 3 aromatic rings. The third kappa shape index (κ3) is 3.55. The van der Waals surface area contributed by atoms with Gasteiger partial charge >= 0.3 is 0 Å². The maximum Gasteiger partial charge on any atom is 0.141 e. The summed E-state index contributed by atoms with van der Waals surface area (Å²) in [5, 5.41) is 1.20. The van der Waals surface area contributed by atoms with Gasteiger partial charge in [0.25, 0.3) is 0 Å². The molecule has 0 aliphatic rings. The molecular formula is C15H17N3O. The number of benzene rings is 1. The summed E-state index contributed by atoms with van der Waals surface area (Å²) in [5.74, 6) is 0.886. The Kier molecular flexibility index (Phi) is 4.50. The third-order valence-electron chi connectivity index (χ3n) is 2.56. The van der Waals surface area contributed by atoms with E-state index in [-0.39, 0.29) is 0 Å². The van der Waals surface area contributed by atoms with Crippen molar-refractivity contribution < 1.29 is 4.84 Å². The Labute approximate surface area is 112 Å². The molecule has 0 radical (unpaired) electrons. The number of pyridine rings is 1. The van der Waals surface area contributed by atoms with Gasteiger partial charge in [-0.15, -0.1) is 0 Å². The zero-order valence-electron chi connectivity index (χ0n) is 11.2. The first kappa shape index (κ1) is 13.1. The highest BCUT2D eigenvalue weighted by atomic mass is 16.7. The molecule has 2 heterocycles. The molecule has 0 atom stereocenters. The molecule has 3 rings (SSSR count). The molecule has 0 aliphatic carbocycles. The molecule has 0 saturated heterocycles. The summed E-state index contributed by atoms with van der Waals surface area (Å²) in [6.07, 6.45) is 5.31. The Bertz CT molecular complexity index is 568. The smallest absolute Gasteiger partial charge is 0.141 e. The van der Waals surface area contributed by atoms with Crippen molar-refractivity contribution >= 4 is 10.9 Å². The van der Waals surface area contributed by atoms with Gasteiger partial charge in [0.2, 0.25) is 0 Å². The zero-order chi connectivity index (χ0) is 13.5. The molecule has 0 bridgehead atoms. The highest BCUT2D eigenvalue weighted by Crippen LogP contribution is 2.07. The Morgan fingerprint density at radius 2 is 1.84 bits per heavy atom. The van der Waals surface area contributed by atoms with Crippen LogP contribution in [0.15, 0.2) is 55.0 Å². The molecule has 0 fully saturated rings. The average Bonchev–Trinajstić information content (AvgIpc) is 2.86. The standard InChI is InChI=1S/C9H7N.C6H10N2O/c1-2-6-9-8(4-1)5-3-7-10-9;1-3-9-8-5-4-7-6(8)2/h1-7H;4-5H,3H2,1-2H3. The number of imidazole rings is 1. The fourth-order valence-electron chi connectivity index (χ4n) is 1.66. The van der Waals surface area contributed by atoms with Crippen LogP contribution in [-0.4, -0.2) is 21.3 Å². The number of nitrogens with zero attached hydrogens (tertiary/aromatic N) is 3. The lowest BCUT2D eigenvalue weighted by Crippen LogP contribution is -2.10. The predicted octanol–water partition coefficient (Wildman–Crippen LogP) is 2.87. The SMILES string of the molecule is CCOn1ccnc1C.c1ccc2ncccc2c1. The van der Waals surface area contributed by atoms with E-state index in [0.717, 1.165) is 11.3 Å². The molecule has 1 aromatic carbocycles. The Balaban J connectivity index is 0.000000141. The van der Waals surface area contributed by atoms with Crippen molar-refractivity contribution in [2.24, 2.45) is 0 Å². The van der Waals surface area contributed by atoms with E-state index in [9.17, 15) is 0 Å². The van der Waals surface area contributed by atoms with Gasteiger partial charge in [-0.3, -0.25) is 4.98 Å². The zero-order valence-corrected chi connectivity index (χ0v) is 11.2. The molecule has 0 spiro atoms. The first-order valence-corrected chi connectivity index (χ1v) is 6.24. The molecule has 0 aliphatic heterocycles. The third-order valence-corrected chi connectivity index (χ3v) is 2.56. The van der Waals surface area contributed by atoms with Crippen molar-refractivity contribution in [3.8, 4) is 0 Å². The van der Waals surface area contributed by atoms with Crippen molar-refractivity contribution in [2.45, 2.75) is 13.8 Å². The van der Waals surface area contributed by atoms with Crippen LogP contribution in [-0.2, 0) is 0 Å². The summed E-state index contributed by atoms with van der Waals surface area (Å²) in [7, 11) is 0. The van der Waals surface area contributed by atoms with E-state index >= 15 is 0 Å². The van der Waals surface area contributed by atoms with Crippen LogP contribution in [0.5, 0.6) is 0 Å². The normalized spacial score (nSPS) is 9.79. The molecule has 4 nitrogen and oxygen atoms in total. The van der Waals surface area contributed by atoms with Crippen molar-refractivity contribution in [2.75, 3.05) is 6.61 Å². The summed E-state index contributed by atoms with van der Waals surface area (Å²) in [4.78, 5) is 13.3. The van der Waals surface area contributed by atoms with E-state index in [2.05, 4.69) is 22.1 Å². The molecule has 0 N–H and O–H groups in total. The highest BCUT2D eigenvalue weighted by Gasteiger charge is 1.92. The van der Waals surface area contributed by atoms with Gasteiger partial charge in [-0.2, -0.15) is 4.73 Å². The van der Waals surface area contributed by atoms with Crippen molar-refractivity contribution in [3.63, 3.8) is 0 Å². The minimum atomic E-state index is 0.678. The van der Waals surface area contributed by atoms with Crippen LogP contribution in [0.4, 0.5) is 0 Å². The van der Waals surface area contributed by atoms with Crippen LogP contribution in [0.2, 0.25) is 0 Å². The summed E-state index contributed by atoms with van der Waals surface area (Å²) < 4.78 is 1.65. The van der Waals surface area contributed by atoms with Crippen LogP contribution in [0.1, 0.15) is 12.7 Å². The first-order valence-electron chi connectivity index (χ1n) is 6.24. The quantitative estimate of drug-likeness (QED) is 0.707. The monoisotopic (exact) mass is 255 g/mol. The van der Waals surface area contributed by atoms with Crippen LogP contribution >= 0.6 is 0 Å². The Morgan fingerprint density at radius 3 is 2.53 bits per heavy atom. The van der Waals surface area contributed by atoms with Crippen LogP contribution in [0.25, 0.3) is 10.9 Å². The summed E-state index contributed by atoms with van der Waals surface area (Å²) in [5.41, 5.74) is 1.06. The average molecular weight is 255 g/mol. The van der Waals surface area contributed by atoms with E-state index in [1.165, 1.54) is 5.39 Å². The summed E-state index contributed by atoms with van der Waals surface area (Å²) >= 11 is 0. The molecule has 0 saturated carbocycles. The van der Waals surface area contributed by atoms with Gasteiger partial charge in [0.1, 0.15) is 12.4 Å². The number of para-hydroxylation sites is 1. The number of hydrogen-bond donors (Lipinski definition) is 0. The predicted molar refractivity (Wildman–Crippen MR) is 75.8 cm³/mol. The maximum atomic E-state index is 5.13. The molecule has 0 unspecified atom stereocenters. The maximum absolute atomic E-state index is 5.13. The molecule has 0 amide bonds. The van der Waals surface area contributed by atoms with E-state index < -0.39 is 0 Å². The van der Waals surface area contributed by atoms with Gasteiger partial charge in [0.15, 0.2) is 0 Å². The van der Waals surface area contributed by atoms with Gasteiger partial charge in [0.05, 0.1) is 11.7 Å². The van der Waals surface area contributed by atoms with Gasteiger partial charge in [-0.1, -0.05) is 24.3 Å². The van der Waals surface area contributed by atoms with Gasteiger partial charge in [-0.05, 0) is 26.0 Å². The Hall–Kier alpha value is -2.36. The van der Waals surface area contributed by atoms with Gasteiger partial charge in [-0.25, -0.2) is 4.98 Å². The molecule has 98 valence electrons. The second-order valence-electron chi connectivity index (χ2n) is 3.91. The van der Waals surface area contributed by atoms with Crippen LogP contribution in [0, 0.1) is 6.92 Å². The fraction of sp³-hybridized carbons (Fsp3) is 0.200. The van der Waals surface area contributed by atoms with E-state index in [4.69, 9.17) is 4.84 Å². The lowest BCUT2D eigenvalue weighted by atomic mass is 10.2. The lowest BCUT2D eigenvalue weighted by molar-refractivity contribution is 0.116. The topological polar surface area (TPSA) is 39.9 Å². The number of rotatable bonds is 2. The second-order valence-corrected chi connectivity index (χ2v) is 3.91. The van der Waals surface area contributed by atoms with Crippen molar-refractivity contribution in [1.29, 1.82) is 0 Å². The van der Waals surface area contributed by atoms with Crippen molar-refractivity contribution in [3.05, 3.63) is 60.8 Å². The number of hydrogen-bond acceptors (Lipinski definition) is 3. The van der Waals surface area contributed by atoms with Crippen molar-refractivity contribution in [1.82, 2.24) is 14.7 Å². The number of fused-ring (bicyclic) bond motifs is 1. The molecule has 4 heteroatoms. The van der Waals surface area contributed by atoms with Crippen LogP contribution in [0.3, 0.4) is 0 Å². The lowest BCUT2D eigenvalue weighted by Gasteiger charge is -2.02. The second kappa shape index (κ2) is 6.54. The van der Waals surface area contributed by atoms with Gasteiger partial charge in [0, 0.05) is 17.8 Å². The Morgan fingerprint density at radius 1 is 1.05 bits per heavy atom. The molecule has 2 aromatic heterocycles.